The average Bonchev–Trinajstić information content (AvgIpc) is 3.21. The molecule has 0 spiro atoms. The van der Waals surface area contributed by atoms with E-state index in [9.17, 15) is 19.5 Å². The molecule has 2 amide bonds. The SMILES string of the molecule is COc1ccc(C(=O)N2CCC[C@H]2C(=O)NC(CS[C@@H](C(=O)O)C(C)(C)C)CC(C)C)cc1. The van der Waals surface area contributed by atoms with Crippen molar-refractivity contribution in [2.75, 3.05) is 19.4 Å². The Morgan fingerprint density at radius 3 is 2.36 bits per heavy atom. The van der Waals surface area contributed by atoms with Crippen molar-refractivity contribution in [3.05, 3.63) is 29.8 Å². The largest absolute Gasteiger partial charge is 0.497 e. The number of amides is 2. The van der Waals surface area contributed by atoms with Gasteiger partial charge >= 0.3 is 5.97 Å². The van der Waals surface area contributed by atoms with Crippen LogP contribution in [0.25, 0.3) is 0 Å². The van der Waals surface area contributed by atoms with Gasteiger partial charge in [0.2, 0.25) is 5.91 Å². The highest BCUT2D eigenvalue weighted by Crippen LogP contribution is 2.32. The van der Waals surface area contributed by atoms with Crippen LogP contribution in [0.5, 0.6) is 5.75 Å². The maximum atomic E-state index is 13.2. The van der Waals surface area contributed by atoms with Gasteiger partial charge in [0.15, 0.2) is 0 Å². The van der Waals surface area contributed by atoms with Crippen LogP contribution in [0.2, 0.25) is 0 Å². The van der Waals surface area contributed by atoms with Crippen LogP contribution in [0.1, 0.15) is 64.2 Å². The Morgan fingerprint density at radius 1 is 1.21 bits per heavy atom. The van der Waals surface area contributed by atoms with Gasteiger partial charge in [-0.1, -0.05) is 34.6 Å². The number of ether oxygens (including phenoxy) is 1. The maximum Gasteiger partial charge on any atom is 0.317 e. The fraction of sp³-hybridized carbons (Fsp3) is 0.640. The molecule has 1 aliphatic heterocycles. The van der Waals surface area contributed by atoms with Gasteiger partial charge < -0.3 is 20.1 Å². The second-order valence-corrected chi connectivity index (χ2v) is 11.3. The smallest absolute Gasteiger partial charge is 0.317 e. The van der Waals surface area contributed by atoms with E-state index in [1.807, 2.05) is 20.8 Å². The van der Waals surface area contributed by atoms with Gasteiger partial charge in [0.05, 0.1) is 7.11 Å². The molecule has 2 rings (SSSR count). The van der Waals surface area contributed by atoms with Gasteiger partial charge in [0, 0.05) is 23.9 Å². The monoisotopic (exact) mass is 478 g/mol. The van der Waals surface area contributed by atoms with E-state index >= 15 is 0 Å². The highest BCUT2D eigenvalue weighted by atomic mass is 32.2. The molecular weight excluding hydrogens is 440 g/mol. The number of carbonyl (C=O) groups is 3. The number of nitrogens with one attached hydrogen (secondary N) is 1. The van der Waals surface area contributed by atoms with E-state index in [1.165, 1.54) is 11.8 Å². The lowest BCUT2D eigenvalue weighted by molar-refractivity contribution is -0.138. The summed E-state index contributed by atoms with van der Waals surface area (Å²) >= 11 is 1.37. The highest BCUT2D eigenvalue weighted by molar-refractivity contribution is 8.00. The Hall–Kier alpha value is -2.22. The van der Waals surface area contributed by atoms with E-state index in [0.29, 0.717) is 35.9 Å². The summed E-state index contributed by atoms with van der Waals surface area (Å²) in [5.74, 6) is 0.360. The van der Waals surface area contributed by atoms with E-state index in [1.54, 1.807) is 36.3 Å². The number of hydrogen-bond acceptors (Lipinski definition) is 5. The van der Waals surface area contributed by atoms with Gasteiger partial charge in [-0.15, -0.1) is 11.8 Å². The highest BCUT2D eigenvalue weighted by Gasteiger charge is 2.36. The molecule has 1 unspecified atom stereocenters. The molecule has 2 N–H and O–H groups in total. The van der Waals surface area contributed by atoms with Crippen molar-refractivity contribution < 1.29 is 24.2 Å². The van der Waals surface area contributed by atoms with Gasteiger partial charge in [0.1, 0.15) is 17.0 Å². The second-order valence-electron chi connectivity index (χ2n) is 10.1. The summed E-state index contributed by atoms with van der Waals surface area (Å²) in [6, 6.07) is 6.23. The van der Waals surface area contributed by atoms with Crippen LogP contribution in [-0.4, -0.2) is 64.5 Å². The Balaban J connectivity index is 2.08. The molecule has 1 aromatic carbocycles. The maximum absolute atomic E-state index is 13.2. The molecule has 184 valence electrons. The van der Waals surface area contributed by atoms with Crippen LogP contribution in [0.15, 0.2) is 24.3 Å². The van der Waals surface area contributed by atoms with Crippen molar-refractivity contribution in [2.45, 2.75) is 71.2 Å². The van der Waals surface area contributed by atoms with Crippen LogP contribution < -0.4 is 10.1 Å². The molecule has 0 aliphatic carbocycles. The number of aliphatic carboxylic acids is 1. The number of carbonyl (C=O) groups excluding carboxylic acids is 2. The van der Waals surface area contributed by atoms with Gasteiger partial charge in [-0.05, 0) is 54.9 Å². The molecule has 1 aliphatic rings. The molecule has 33 heavy (non-hydrogen) atoms. The molecule has 1 heterocycles. The number of likely N-dealkylation sites (tertiary alicyclic amines) is 1. The Labute approximate surface area is 201 Å². The van der Waals surface area contributed by atoms with Crippen LogP contribution in [-0.2, 0) is 9.59 Å². The third-order valence-electron chi connectivity index (χ3n) is 5.73. The lowest BCUT2D eigenvalue weighted by Crippen LogP contribution is -2.50. The topological polar surface area (TPSA) is 95.9 Å². The summed E-state index contributed by atoms with van der Waals surface area (Å²) in [4.78, 5) is 39.7. The van der Waals surface area contributed by atoms with Gasteiger partial charge in [-0.25, -0.2) is 0 Å². The van der Waals surface area contributed by atoms with E-state index in [4.69, 9.17) is 4.74 Å². The molecule has 3 atom stereocenters. The normalized spacial score (nSPS) is 18.2. The lowest BCUT2D eigenvalue weighted by Gasteiger charge is -2.30. The number of benzene rings is 1. The number of carboxylic acids is 1. The molecular formula is C25H38N2O5S. The van der Waals surface area contributed by atoms with Crippen molar-refractivity contribution in [3.63, 3.8) is 0 Å². The third kappa shape index (κ3) is 7.66. The van der Waals surface area contributed by atoms with E-state index < -0.39 is 22.7 Å². The number of hydrogen-bond donors (Lipinski definition) is 2. The first-order valence-electron chi connectivity index (χ1n) is 11.5. The number of methoxy groups -OCH3 is 1. The Morgan fingerprint density at radius 2 is 1.85 bits per heavy atom. The third-order valence-corrected chi connectivity index (χ3v) is 7.57. The number of carboxylic acid groups (broad SMARTS) is 1. The quantitative estimate of drug-likeness (QED) is 0.526. The summed E-state index contributed by atoms with van der Waals surface area (Å²) in [5.41, 5.74) is 0.134. The first-order valence-corrected chi connectivity index (χ1v) is 12.6. The molecule has 0 bridgehead atoms. The number of rotatable bonds is 10. The van der Waals surface area contributed by atoms with E-state index in [2.05, 4.69) is 19.2 Å². The van der Waals surface area contributed by atoms with Gasteiger partial charge in [0.25, 0.3) is 5.91 Å². The standard InChI is InChI=1S/C25H38N2O5S/c1-16(2)14-18(15-33-21(24(30)31)25(3,4)5)26-22(28)20-8-7-13-27(20)23(29)17-9-11-19(32-6)12-10-17/h9-12,16,18,20-21H,7-8,13-15H2,1-6H3,(H,26,28)(H,30,31)/t18?,20-,21-/m0/s1. The zero-order valence-corrected chi connectivity index (χ0v) is 21.4. The fourth-order valence-electron chi connectivity index (χ4n) is 4.12. The summed E-state index contributed by atoms with van der Waals surface area (Å²) < 4.78 is 5.16. The van der Waals surface area contributed by atoms with Crippen LogP contribution in [0, 0.1) is 11.3 Å². The van der Waals surface area contributed by atoms with Crippen molar-refractivity contribution in [2.24, 2.45) is 11.3 Å². The first-order chi connectivity index (χ1) is 15.4. The number of nitrogens with zero attached hydrogens (tertiary/aromatic N) is 1. The lowest BCUT2D eigenvalue weighted by atomic mass is 9.92. The number of thioether (sulfide) groups is 1. The van der Waals surface area contributed by atoms with Crippen LogP contribution in [0.4, 0.5) is 0 Å². The Bertz CT molecular complexity index is 819. The molecule has 1 aromatic rings. The summed E-state index contributed by atoms with van der Waals surface area (Å²) in [5, 5.41) is 12.2. The van der Waals surface area contributed by atoms with Gasteiger partial charge in [-0.3, -0.25) is 14.4 Å². The molecule has 0 aromatic heterocycles. The second kappa shape index (κ2) is 11.8. The van der Waals surface area contributed by atoms with Crippen molar-refractivity contribution >= 4 is 29.5 Å². The molecule has 1 fully saturated rings. The predicted octanol–water partition coefficient (Wildman–Crippen LogP) is 4.06. The molecule has 7 nitrogen and oxygen atoms in total. The van der Waals surface area contributed by atoms with Crippen LogP contribution >= 0.6 is 11.8 Å². The molecule has 0 radical (unpaired) electrons. The summed E-state index contributed by atoms with van der Waals surface area (Å²) in [7, 11) is 1.57. The predicted molar refractivity (Wildman–Crippen MR) is 132 cm³/mol. The first kappa shape index (κ1) is 27.0. The zero-order chi connectivity index (χ0) is 24.8. The van der Waals surface area contributed by atoms with Crippen LogP contribution in [0.3, 0.4) is 0 Å². The minimum absolute atomic E-state index is 0.162. The summed E-state index contributed by atoms with van der Waals surface area (Å²) in [6.07, 6.45) is 2.14. The minimum atomic E-state index is -0.839. The van der Waals surface area contributed by atoms with Crippen molar-refractivity contribution in [1.82, 2.24) is 10.2 Å². The van der Waals surface area contributed by atoms with E-state index in [0.717, 1.165) is 12.8 Å². The van der Waals surface area contributed by atoms with Gasteiger partial charge in [-0.2, -0.15) is 0 Å². The zero-order valence-electron chi connectivity index (χ0n) is 20.6. The Kier molecular flexibility index (Phi) is 9.64. The molecule has 8 heteroatoms. The van der Waals surface area contributed by atoms with Crippen molar-refractivity contribution in [3.8, 4) is 5.75 Å². The van der Waals surface area contributed by atoms with E-state index in [-0.39, 0.29) is 17.9 Å². The minimum Gasteiger partial charge on any atom is -0.497 e. The average molecular weight is 479 g/mol. The fourth-order valence-corrected chi connectivity index (χ4v) is 5.41. The summed E-state index contributed by atoms with van der Waals surface area (Å²) in [6.45, 7) is 10.4. The van der Waals surface area contributed by atoms with Crippen molar-refractivity contribution in [1.29, 1.82) is 0 Å². The molecule has 1 saturated heterocycles. The molecule has 0 saturated carbocycles.